The molecule has 0 spiro atoms. The summed E-state index contributed by atoms with van der Waals surface area (Å²) in [5.74, 6) is -1.57. The molecule has 0 radical (unpaired) electrons. The lowest BCUT2D eigenvalue weighted by atomic mass is 10.1. The summed E-state index contributed by atoms with van der Waals surface area (Å²) in [6.07, 6.45) is 3.04. The van der Waals surface area contributed by atoms with Crippen molar-refractivity contribution in [2.24, 2.45) is 5.10 Å². The molecule has 146 valence electrons. The molecule has 0 unspecified atom stereocenters. The van der Waals surface area contributed by atoms with Crippen molar-refractivity contribution in [2.45, 2.75) is 17.7 Å². The van der Waals surface area contributed by atoms with Gasteiger partial charge in [-0.2, -0.15) is 9.41 Å². The van der Waals surface area contributed by atoms with Crippen molar-refractivity contribution in [1.29, 1.82) is 0 Å². The van der Waals surface area contributed by atoms with Gasteiger partial charge in [0, 0.05) is 18.7 Å². The molecule has 0 saturated carbocycles. The van der Waals surface area contributed by atoms with Crippen LogP contribution < -0.4 is 5.43 Å². The smallest absolute Gasteiger partial charge is 0.335 e. The largest absolute Gasteiger partial charge is 0.478 e. The number of aromatic carboxylic acids is 1. The summed E-state index contributed by atoms with van der Waals surface area (Å²) < 4.78 is 26.6. The number of carboxylic acids is 1. The second kappa shape index (κ2) is 8.32. The van der Waals surface area contributed by atoms with Gasteiger partial charge in [-0.25, -0.2) is 18.6 Å². The highest BCUT2D eigenvalue weighted by Gasteiger charge is 2.27. The first-order valence-corrected chi connectivity index (χ1v) is 10.1. The van der Waals surface area contributed by atoms with E-state index in [1.807, 2.05) is 0 Å². The normalized spacial score (nSPS) is 15.0. The molecule has 0 bridgehead atoms. The zero-order chi connectivity index (χ0) is 20.1. The van der Waals surface area contributed by atoms with Gasteiger partial charge in [-0.05, 0) is 48.7 Å². The lowest BCUT2D eigenvalue weighted by molar-refractivity contribution is 0.0696. The number of amides is 1. The van der Waals surface area contributed by atoms with E-state index in [9.17, 15) is 18.0 Å². The van der Waals surface area contributed by atoms with E-state index in [0.29, 0.717) is 18.7 Å². The molecule has 1 aliphatic heterocycles. The average Bonchev–Trinajstić information content (AvgIpc) is 3.24. The van der Waals surface area contributed by atoms with Crippen LogP contribution in [0.3, 0.4) is 0 Å². The van der Waals surface area contributed by atoms with Gasteiger partial charge in [-0.15, -0.1) is 0 Å². The number of carboxylic acid groups (broad SMARTS) is 1. The standard InChI is InChI=1S/C19H19N3O5S/c23-18(21-20-13-14-6-8-15(9-7-14)19(24)25)16-4-3-5-17(12-16)28(26,27)22-10-1-2-11-22/h3-9,12-13H,1-2,10-11H2,(H,21,23)(H,24,25)/b20-13-. The van der Waals surface area contributed by atoms with Crippen molar-refractivity contribution < 1.29 is 23.1 Å². The Morgan fingerprint density at radius 1 is 1.04 bits per heavy atom. The summed E-state index contributed by atoms with van der Waals surface area (Å²) in [5, 5.41) is 12.7. The lowest BCUT2D eigenvalue weighted by Crippen LogP contribution is -2.28. The molecule has 3 rings (SSSR count). The van der Waals surface area contributed by atoms with Crippen LogP contribution in [0.1, 0.15) is 39.1 Å². The number of carbonyl (C=O) groups excluding carboxylic acids is 1. The third-order valence-corrected chi connectivity index (χ3v) is 6.23. The SMILES string of the molecule is O=C(O)c1ccc(/C=N\NC(=O)c2cccc(S(=O)(=O)N3CCCC3)c2)cc1. The van der Waals surface area contributed by atoms with Gasteiger partial charge in [0.1, 0.15) is 0 Å². The average molecular weight is 401 g/mol. The molecule has 1 fully saturated rings. The number of nitrogens with zero attached hydrogens (tertiary/aromatic N) is 2. The van der Waals surface area contributed by atoms with Crippen molar-refractivity contribution in [3.63, 3.8) is 0 Å². The van der Waals surface area contributed by atoms with Crippen molar-refractivity contribution >= 4 is 28.1 Å². The number of rotatable bonds is 6. The Morgan fingerprint density at radius 3 is 2.36 bits per heavy atom. The maximum Gasteiger partial charge on any atom is 0.335 e. The van der Waals surface area contributed by atoms with Gasteiger partial charge in [0.05, 0.1) is 16.7 Å². The predicted molar refractivity (Wildman–Crippen MR) is 103 cm³/mol. The van der Waals surface area contributed by atoms with Crippen LogP contribution in [0, 0.1) is 0 Å². The van der Waals surface area contributed by atoms with Gasteiger partial charge in [0.2, 0.25) is 10.0 Å². The molecule has 0 aromatic heterocycles. The number of carbonyl (C=O) groups is 2. The lowest BCUT2D eigenvalue weighted by Gasteiger charge is -2.15. The monoisotopic (exact) mass is 401 g/mol. The Hall–Kier alpha value is -3.04. The fourth-order valence-corrected chi connectivity index (χ4v) is 4.38. The number of sulfonamides is 1. The molecular weight excluding hydrogens is 382 g/mol. The molecule has 8 nitrogen and oxygen atoms in total. The minimum absolute atomic E-state index is 0.0790. The van der Waals surface area contributed by atoms with Crippen LogP contribution in [0.15, 0.2) is 58.5 Å². The molecule has 1 heterocycles. The fraction of sp³-hybridized carbons (Fsp3) is 0.211. The minimum Gasteiger partial charge on any atom is -0.478 e. The van der Waals surface area contributed by atoms with Crippen LogP contribution in [0.2, 0.25) is 0 Å². The van der Waals surface area contributed by atoms with Gasteiger partial charge in [0.25, 0.3) is 5.91 Å². The van der Waals surface area contributed by atoms with Crippen LogP contribution in [-0.2, 0) is 10.0 Å². The summed E-state index contributed by atoms with van der Waals surface area (Å²) in [6, 6.07) is 11.8. The summed E-state index contributed by atoms with van der Waals surface area (Å²) >= 11 is 0. The van der Waals surface area contributed by atoms with Crippen molar-refractivity contribution in [3.05, 3.63) is 65.2 Å². The Kier molecular flexibility index (Phi) is 5.86. The molecule has 1 aliphatic rings. The van der Waals surface area contributed by atoms with Crippen LogP contribution in [0.25, 0.3) is 0 Å². The second-order valence-electron chi connectivity index (χ2n) is 6.27. The fourth-order valence-electron chi connectivity index (χ4n) is 2.82. The highest BCUT2D eigenvalue weighted by molar-refractivity contribution is 7.89. The van der Waals surface area contributed by atoms with E-state index in [1.165, 1.54) is 46.9 Å². The molecule has 2 aromatic carbocycles. The number of hydrogen-bond acceptors (Lipinski definition) is 5. The molecule has 9 heteroatoms. The van der Waals surface area contributed by atoms with E-state index in [4.69, 9.17) is 5.11 Å². The number of benzene rings is 2. The maximum atomic E-state index is 12.6. The molecule has 28 heavy (non-hydrogen) atoms. The predicted octanol–water partition coefficient (Wildman–Crippen LogP) is 1.93. The molecule has 0 aliphatic carbocycles. The number of hydrazone groups is 1. The van der Waals surface area contributed by atoms with E-state index >= 15 is 0 Å². The van der Waals surface area contributed by atoms with Gasteiger partial charge in [-0.3, -0.25) is 4.79 Å². The third-order valence-electron chi connectivity index (χ3n) is 4.34. The Balaban J connectivity index is 1.68. The highest BCUT2D eigenvalue weighted by Crippen LogP contribution is 2.21. The number of hydrogen-bond donors (Lipinski definition) is 2. The minimum atomic E-state index is -3.60. The van der Waals surface area contributed by atoms with Gasteiger partial charge >= 0.3 is 5.97 Å². The molecule has 0 atom stereocenters. The summed E-state index contributed by atoms with van der Waals surface area (Å²) in [5.41, 5.74) is 3.28. The summed E-state index contributed by atoms with van der Waals surface area (Å²) in [7, 11) is -3.60. The maximum absolute atomic E-state index is 12.6. The molecule has 1 saturated heterocycles. The first-order valence-electron chi connectivity index (χ1n) is 8.65. The van der Waals surface area contributed by atoms with Gasteiger partial charge in [-0.1, -0.05) is 18.2 Å². The quantitative estimate of drug-likeness (QED) is 0.567. The molecule has 1 amide bonds. The van der Waals surface area contributed by atoms with Crippen LogP contribution in [0.4, 0.5) is 0 Å². The Morgan fingerprint density at radius 2 is 1.71 bits per heavy atom. The molecule has 2 N–H and O–H groups in total. The number of nitrogens with one attached hydrogen (secondary N) is 1. The van der Waals surface area contributed by atoms with Crippen molar-refractivity contribution in [1.82, 2.24) is 9.73 Å². The first kappa shape index (κ1) is 19.7. The Labute approximate surface area is 162 Å². The van der Waals surface area contributed by atoms with Crippen molar-refractivity contribution in [3.8, 4) is 0 Å². The topological polar surface area (TPSA) is 116 Å². The zero-order valence-corrected chi connectivity index (χ0v) is 15.7. The van der Waals surface area contributed by atoms with E-state index in [2.05, 4.69) is 10.5 Å². The second-order valence-corrected chi connectivity index (χ2v) is 8.20. The van der Waals surface area contributed by atoms with E-state index < -0.39 is 21.9 Å². The first-order chi connectivity index (χ1) is 13.4. The van der Waals surface area contributed by atoms with Crippen LogP contribution >= 0.6 is 0 Å². The summed E-state index contributed by atoms with van der Waals surface area (Å²) in [4.78, 5) is 23.2. The highest BCUT2D eigenvalue weighted by atomic mass is 32.2. The molecular formula is C19H19N3O5S. The third kappa shape index (κ3) is 4.44. The van der Waals surface area contributed by atoms with Gasteiger partial charge in [0.15, 0.2) is 0 Å². The van der Waals surface area contributed by atoms with E-state index in [0.717, 1.165) is 12.8 Å². The van der Waals surface area contributed by atoms with Crippen molar-refractivity contribution in [2.75, 3.05) is 13.1 Å². The molecule has 2 aromatic rings. The van der Waals surface area contributed by atoms with Crippen LogP contribution in [-0.4, -0.2) is 49.0 Å². The van der Waals surface area contributed by atoms with Crippen LogP contribution in [0.5, 0.6) is 0 Å². The van der Waals surface area contributed by atoms with Gasteiger partial charge < -0.3 is 5.11 Å². The zero-order valence-electron chi connectivity index (χ0n) is 14.9. The van der Waals surface area contributed by atoms with E-state index in [1.54, 1.807) is 12.1 Å². The summed E-state index contributed by atoms with van der Waals surface area (Å²) in [6.45, 7) is 0.980. The Bertz CT molecular complexity index is 1010. The van der Waals surface area contributed by atoms with E-state index in [-0.39, 0.29) is 16.0 Å².